The van der Waals surface area contributed by atoms with E-state index >= 15 is 0 Å². The second-order valence-electron chi connectivity index (χ2n) is 11.0. The van der Waals surface area contributed by atoms with E-state index in [4.69, 9.17) is 0 Å². The molecule has 0 aliphatic carbocycles. The summed E-state index contributed by atoms with van der Waals surface area (Å²) in [5.74, 6) is 0.680. The van der Waals surface area contributed by atoms with Crippen LogP contribution in [0.5, 0.6) is 0 Å². The molecule has 2 nitrogen and oxygen atoms in total. The maximum atomic E-state index is 4.58. The predicted octanol–water partition coefficient (Wildman–Crippen LogP) is 6.37. The van der Waals surface area contributed by atoms with Crippen LogP contribution in [0.3, 0.4) is 0 Å². The second kappa shape index (κ2) is 8.27. The predicted molar refractivity (Wildman–Crippen MR) is 146 cm³/mol. The Morgan fingerprint density at radius 3 is 1.97 bits per heavy atom. The molecule has 2 aliphatic rings. The maximum absolute atomic E-state index is 4.58. The number of para-hydroxylation sites is 2. The van der Waals surface area contributed by atoms with Crippen LogP contribution in [0.25, 0.3) is 33.6 Å². The molecule has 1 saturated heterocycles. The highest BCUT2D eigenvalue weighted by molar-refractivity contribution is 5.92. The quantitative estimate of drug-likeness (QED) is 0.291. The van der Waals surface area contributed by atoms with Crippen LogP contribution in [0.4, 0.5) is 0 Å². The molecule has 1 aromatic heterocycles. The van der Waals surface area contributed by atoms with Crippen LogP contribution in [-0.2, 0) is 0 Å². The second-order valence-corrected chi connectivity index (χ2v) is 11.0. The maximum Gasteiger partial charge on any atom is 0.0709 e. The van der Waals surface area contributed by atoms with Crippen molar-refractivity contribution in [1.29, 1.82) is 0 Å². The van der Waals surface area contributed by atoms with Crippen molar-refractivity contribution in [2.45, 2.75) is 47.6 Å². The molecule has 2 atom stereocenters. The largest absolute Gasteiger partial charge is 0.367 e. The average Bonchev–Trinajstić information content (AvgIpc) is 2.85. The Morgan fingerprint density at radius 1 is 0.765 bits per heavy atom. The van der Waals surface area contributed by atoms with E-state index in [1.165, 1.54) is 21.2 Å². The normalized spacial score (nSPS) is 22.3. The number of benzene rings is 3. The van der Waals surface area contributed by atoms with Crippen molar-refractivity contribution in [2.75, 3.05) is 6.54 Å². The van der Waals surface area contributed by atoms with Gasteiger partial charge in [0.05, 0.1) is 11.0 Å². The highest BCUT2D eigenvalue weighted by Gasteiger charge is 2.52. The first-order valence-corrected chi connectivity index (χ1v) is 12.5. The molecule has 0 amide bonds. The van der Waals surface area contributed by atoms with Gasteiger partial charge in [-0.15, -0.1) is 0 Å². The third-order valence-corrected chi connectivity index (χ3v) is 8.99. The van der Waals surface area contributed by atoms with E-state index in [-0.39, 0.29) is 5.41 Å². The first-order valence-electron chi connectivity index (χ1n) is 12.5. The Bertz CT molecular complexity index is 1370. The van der Waals surface area contributed by atoms with Gasteiger partial charge < -0.3 is 4.90 Å². The van der Waals surface area contributed by atoms with Gasteiger partial charge in [-0.05, 0) is 41.7 Å². The van der Waals surface area contributed by atoms with Gasteiger partial charge in [-0.1, -0.05) is 101 Å². The Balaban J connectivity index is 0.000000150. The highest BCUT2D eigenvalue weighted by atomic mass is 15.2. The van der Waals surface area contributed by atoms with E-state index in [2.05, 4.69) is 100.0 Å². The molecule has 1 fully saturated rings. The van der Waals surface area contributed by atoms with E-state index in [0.29, 0.717) is 17.4 Å². The van der Waals surface area contributed by atoms with Gasteiger partial charge in [0.25, 0.3) is 0 Å². The van der Waals surface area contributed by atoms with E-state index < -0.39 is 0 Å². The van der Waals surface area contributed by atoms with Crippen LogP contribution in [0.1, 0.15) is 41.5 Å². The summed E-state index contributed by atoms with van der Waals surface area (Å²) in [5.41, 5.74) is 4.15. The van der Waals surface area contributed by atoms with Crippen LogP contribution in [-0.4, -0.2) is 22.5 Å². The summed E-state index contributed by atoms with van der Waals surface area (Å²) < 4.78 is 0. The Hall–Kier alpha value is -3.13. The SMILES string of the molecule is CC1C(C)C(C)(C)C(C)(C)C2=c3ccccc3=CCN21.c1ccc2nc3ccccc3cc2c1. The molecule has 2 unspecified atom stereocenters. The van der Waals surface area contributed by atoms with Crippen molar-refractivity contribution in [1.82, 2.24) is 9.88 Å². The average molecular weight is 449 g/mol. The van der Waals surface area contributed by atoms with Crippen LogP contribution >= 0.6 is 0 Å². The number of aromatic nitrogens is 1. The first kappa shape index (κ1) is 22.7. The van der Waals surface area contributed by atoms with Gasteiger partial charge in [-0.25, -0.2) is 4.98 Å². The molecular weight excluding hydrogens is 412 g/mol. The molecule has 0 radical (unpaired) electrons. The number of hydrogen-bond acceptors (Lipinski definition) is 2. The van der Waals surface area contributed by atoms with E-state index in [1.54, 1.807) is 5.70 Å². The lowest BCUT2D eigenvalue weighted by atomic mass is 9.55. The molecule has 3 heterocycles. The van der Waals surface area contributed by atoms with Gasteiger partial charge in [0.1, 0.15) is 0 Å². The lowest BCUT2D eigenvalue weighted by Crippen LogP contribution is -2.60. The van der Waals surface area contributed by atoms with Crippen LogP contribution in [0, 0.1) is 16.7 Å². The molecule has 34 heavy (non-hydrogen) atoms. The van der Waals surface area contributed by atoms with Crippen molar-refractivity contribution >= 4 is 33.6 Å². The standard InChI is InChI=1S/C19H27N.C13H9N/c1-13-14(2)20-12-11-15-9-7-8-10-16(15)17(20)19(5,6)18(13,3)4;1-3-7-12-10(5-1)9-11-6-2-4-8-13(11)14-12/h7-11,13-14H,12H2,1-6H3;1-9H. The summed E-state index contributed by atoms with van der Waals surface area (Å²) in [6.07, 6.45) is 2.39. The number of fused-ring (bicyclic) bond motifs is 4. The van der Waals surface area contributed by atoms with Gasteiger partial charge >= 0.3 is 0 Å². The molecule has 3 aromatic carbocycles. The third-order valence-electron chi connectivity index (χ3n) is 8.99. The fraction of sp³-hybridized carbons (Fsp3) is 0.344. The minimum absolute atomic E-state index is 0.184. The first-order chi connectivity index (χ1) is 16.2. The molecule has 6 rings (SSSR count). The van der Waals surface area contributed by atoms with Gasteiger partial charge in [0.2, 0.25) is 0 Å². The van der Waals surface area contributed by atoms with Gasteiger partial charge in [0.15, 0.2) is 0 Å². The zero-order chi connectivity index (χ0) is 24.1. The minimum atomic E-state index is 0.184. The number of nitrogens with zero attached hydrogens (tertiary/aromatic N) is 2. The van der Waals surface area contributed by atoms with E-state index in [9.17, 15) is 0 Å². The summed E-state index contributed by atoms with van der Waals surface area (Å²) >= 11 is 0. The van der Waals surface area contributed by atoms with Crippen LogP contribution < -0.4 is 10.4 Å². The van der Waals surface area contributed by atoms with Crippen LogP contribution in [0.15, 0.2) is 78.9 Å². The zero-order valence-electron chi connectivity index (χ0n) is 21.3. The number of hydrogen-bond donors (Lipinski definition) is 0. The fourth-order valence-electron chi connectivity index (χ4n) is 5.87. The minimum Gasteiger partial charge on any atom is -0.367 e. The van der Waals surface area contributed by atoms with Gasteiger partial charge in [0, 0.05) is 39.7 Å². The van der Waals surface area contributed by atoms with E-state index in [1.807, 2.05) is 36.4 Å². The molecule has 0 bridgehead atoms. The van der Waals surface area contributed by atoms with Gasteiger partial charge in [-0.3, -0.25) is 0 Å². The fourth-order valence-corrected chi connectivity index (χ4v) is 5.87. The lowest BCUT2D eigenvalue weighted by Gasteiger charge is -2.59. The van der Waals surface area contributed by atoms with Crippen molar-refractivity contribution < 1.29 is 0 Å². The highest BCUT2D eigenvalue weighted by Crippen LogP contribution is 2.56. The summed E-state index contributed by atoms with van der Waals surface area (Å²) in [7, 11) is 0. The molecule has 4 aromatic rings. The van der Waals surface area contributed by atoms with Crippen molar-refractivity contribution in [2.24, 2.45) is 16.7 Å². The number of pyridine rings is 1. The van der Waals surface area contributed by atoms with Crippen molar-refractivity contribution in [3.63, 3.8) is 0 Å². The summed E-state index contributed by atoms with van der Waals surface area (Å²) in [6.45, 7) is 15.6. The summed E-state index contributed by atoms with van der Waals surface area (Å²) in [6, 6.07) is 28.0. The lowest BCUT2D eigenvalue weighted by molar-refractivity contribution is -0.00550. The molecule has 0 N–H and O–H groups in total. The Kier molecular flexibility index (Phi) is 5.51. The van der Waals surface area contributed by atoms with Crippen molar-refractivity contribution in [3.8, 4) is 0 Å². The Morgan fingerprint density at radius 2 is 1.32 bits per heavy atom. The summed E-state index contributed by atoms with van der Waals surface area (Å²) in [4.78, 5) is 7.21. The topological polar surface area (TPSA) is 16.1 Å². The molecule has 2 heteroatoms. The smallest absolute Gasteiger partial charge is 0.0709 e. The Labute approximate surface area is 203 Å². The van der Waals surface area contributed by atoms with Gasteiger partial charge in [-0.2, -0.15) is 0 Å². The molecular formula is C32H36N2. The molecule has 174 valence electrons. The third kappa shape index (κ3) is 3.52. The van der Waals surface area contributed by atoms with E-state index in [0.717, 1.165) is 17.6 Å². The molecule has 2 aliphatic heterocycles. The van der Waals surface area contributed by atoms with Crippen molar-refractivity contribution in [3.05, 3.63) is 89.3 Å². The molecule has 0 saturated carbocycles. The molecule has 0 spiro atoms. The summed E-state index contributed by atoms with van der Waals surface area (Å²) in [5, 5.41) is 5.25. The number of piperidine rings is 1. The number of rotatable bonds is 0. The zero-order valence-corrected chi connectivity index (χ0v) is 21.3. The van der Waals surface area contributed by atoms with Crippen LogP contribution in [0.2, 0.25) is 0 Å². The monoisotopic (exact) mass is 448 g/mol.